The maximum atomic E-state index is 13.0. The summed E-state index contributed by atoms with van der Waals surface area (Å²) < 4.78 is 11.1. The maximum absolute atomic E-state index is 13.0. The van der Waals surface area contributed by atoms with Gasteiger partial charge in [-0.2, -0.15) is 0 Å². The van der Waals surface area contributed by atoms with Crippen LogP contribution in [0.3, 0.4) is 0 Å². The van der Waals surface area contributed by atoms with Crippen molar-refractivity contribution in [2.75, 3.05) is 32.6 Å². The van der Waals surface area contributed by atoms with E-state index in [1.54, 1.807) is 13.3 Å². The molecule has 0 aliphatic carbocycles. The van der Waals surface area contributed by atoms with Crippen LogP contribution < -0.4 is 14.8 Å². The smallest absolute Gasteiger partial charge is 0.229 e. The highest BCUT2D eigenvalue weighted by atomic mass is 16.5. The van der Waals surface area contributed by atoms with E-state index in [2.05, 4.69) is 28.3 Å². The number of pyridine rings is 1. The van der Waals surface area contributed by atoms with Crippen LogP contribution in [0.5, 0.6) is 11.6 Å². The summed E-state index contributed by atoms with van der Waals surface area (Å²) in [5, 5.41) is 3.04. The summed E-state index contributed by atoms with van der Waals surface area (Å²) in [5.41, 5.74) is 2.82. The van der Waals surface area contributed by atoms with Gasteiger partial charge in [0.05, 0.1) is 31.5 Å². The number of amides is 1. The molecule has 1 N–H and O–H groups in total. The van der Waals surface area contributed by atoms with E-state index in [1.807, 2.05) is 31.2 Å². The van der Waals surface area contributed by atoms with Crippen molar-refractivity contribution in [2.45, 2.75) is 13.0 Å². The molecule has 3 heterocycles. The van der Waals surface area contributed by atoms with Gasteiger partial charge in [0.25, 0.3) is 0 Å². The average Bonchev–Trinajstić information content (AvgIpc) is 3.00. The van der Waals surface area contributed by atoms with E-state index in [4.69, 9.17) is 9.47 Å². The fraction of sp³-hybridized carbons (Fsp3) is 0.400. The van der Waals surface area contributed by atoms with Gasteiger partial charge in [0.1, 0.15) is 5.75 Å². The average molecular weight is 353 g/mol. The number of likely N-dealkylation sites (tertiary alicyclic amines) is 1. The number of carbonyl (C=O) groups is 1. The molecule has 1 fully saturated rings. The van der Waals surface area contributed by atoms with Crippen molar-refractivity contribution in [3.63, 3.8) is 0 Å². The predicted molar refractivity (Wildman–Crippen MR) is 98.4 cm³/mol. The molecule has 0 radical (unpaired) electrons. The normalized spacial score (nSPS) is 24.3. The second kappa shape index (κ2) is 6.61. The molecule has 2 aromatic rings. The van der Waals surface area contributed by atoms with Gasteiger partial charge in [-0.15, -0.1) is 0 Å². The van der Waals surface area contributed by atoms with Crippen molar-refractivity contribution in [3.05, 3.63) is 47.7 Å². The summed E-state index contributed by atoms with van der Waals surface area (Å²) in [4.78, 5) is 19.4. The molecule has 6 heteroatoms. The van der Waals surface area contributed by atoms with Crippen LogP contribution in [0.15, 0.2) is 36.5 Å². The molecule has 6 nitrogen and oxygen atoms in total. The van der Waals surface area contributed by atoms with E-state index in [-0.39, 0.29) is 23.8 Å². The minimum atomic E-state index is -0.125. The number of ether oxygens (including phenoxy) is 2. The summed E-state index contributed by atoms with van der Waals surface area (Å²) in [6.07, 6.45) is 1.65. The predicted octanol–water partition coefficient (Wildman–Crippen LogP) is 2.65. The molecule has 2 aliphatic heterocycles. The molecular formula is C20H23N3O3. The van der Waals surface area contributed by atoms with E-state index in [0.29, 0.717) is 19.0 Å². The van der Waals surface area contributed by atoms with Crippen molar-refractivity contribution >= 4 is 11.6 Å². The van der Waals surface area contributed by atoms with Crippen LogP contribution in [0, 0.1) is 18.8 Å². The first-order valence-electron chi connectivity index (χ1n) is 8.82. The Morgan fingerprint density at radius 1 is 1.38 bits per heavy atom. The number of hydrogen-bond donors (Lipinski definition) is 1. The van der Waals surface area contributed by atoms with Gasteiger partial charge >= 0.3 is 0 Å². The van der Waals surface area contributed by atoms with Crippen LogP contribution in [0.25, 0.3) is 0 Å². The topological polar surface area (TPSA) is 63.7 Å². The Balaban J connectivity index is 1.55. The van der Waals surface area contributed by atoms with Crippen LogP contribution in [0.1, 0.15) is 17.2 Å². The van der Waals surface area contributed by atoms with E-state index in [9.17, 15) is 4.79 Å². The second-order valence-electron chi connectivity index (χ2n) is 7.03. The first kappa shape index (κ1) is 16.8. The molecule has 4 rings (SSSR count). The third kappa shape index (κ3) is 2.80. The SMILES string of the molecule is COc1cc(C)c(NC(=O)[C@@H]2CN(C)[C@H]3c4ccccc4OC[C@@H]23)cn1. The minimum absolute atomic E-state index is 0.0161. The van der Waals surface area contributed by atoms with Gasteiger partial charge in [-0.25, -0.2) is 4.98 Å². The quantitative estimate of drug-likeness (QED) is 0.919. The van der Waals surface area contributed by atoms with E-state index in [1.165, 1.54) is 5.56 Å². The Morgan fingerprint density at radius 3 is 2.96 bits per heavy atom. The van der Waals surface area contributed by atoms with E-state index < -0.39 is 0 Å². The van der Waals surface area contributed by atoms with Gasteiger partial charge in [-0.1, -0.05) is 18.2 Å². The standard InChI is InChI=1S/C20H23N3O3/c1-12-8-18(25-3)21-9-16(12)22-20(24)14-10-23(2)19-13-6-4-5-7-17(13)26-11-15(14)19/h4-9,14-15,19H,10-11H2,1-3H3,(H,22,24)/t14-,15+,19+/m1/s1. The lowest BCUT2D eigenvalue weighted by Crippen LogP contribution is -2.34. The Bertz CT molecular complexity index is 839. The molecule has 0 saturated carbocycles. The molecule has 0 spiro atoms. The molecule has 1 aromatic heterocycles. The Labute approximate surface area is 153 Å². The third-order valence-corrected chi connectivity index (χ3v) is 5.44. The zero-order chi connectivity index (χ0) is 18.3. The van der Waals surface area contributed by atoms with Crippen molar-refractivity contribution in [1.82, 2.24) is 9.88 Å². The molecule has 1 aromatic carbocycles. The number of methoxy groups -OCH3 is 1. The highest BCUT2D eigenvalue weighted by Gasteiger charge is 2.47. The monoisotopic (exact) mass is 353 g/mol. The summed E-state index contributed by atoms with van der Waals surface area (Å²) in [5.74, 6) is 1.50. The zero-order valence-electron chi connectivity index (χ0n) is 15.2. The fourth-order valence-electron chi connectivity index (χ4n) is 4.10. The first-order chi connectivity index (χ1) is 12.6. The van der Waals surface area contributed by atoms with Crippen molar-refractivity contribution < 1.29 is 14.3 Å². The van der Waals surface area contributed by atoms with Crippen molar-refractivity contribution in [2.24, 2.45) is 11.8 Å². The first-order valence-corrected chi connectivity index (χ1v) is 8.82. The molecule has 26 heavy (non-hydrogen) atoms. The minimum Gasteiger partial charge on any atom is -0.493 e. The maximum Gasteiger partial charge on any atom is 0.229 e. The van der Waals surface area contributed by atoms with Gasteiger partial charge in [0.15, 0.2) is 0 Å². The second-order valence-corrected chi connectivity index (χ2v) is 7.03. The van der Waals surface area contributed by atoms with Crippen LogP contribution in [0.4, 0.5) is 5.69 Å². The number of para-hydroxylation sites is 1. The number of aromatic nitrogens is 1. The van der Waals surface area contributed by atoms with Crippen LogP contribution in [-0.4, -0.2) is 43.1 Å². The molecule has 0 bridgehead atoms. The summed E-state index contributed by atoms with van der Waals surface area (Å²) in [7, 11) is 3.66. The fourth-order valence-corrected chi connectivity index (χ4v) is 4.10. The largest absolute Gasteiger partial charge is 0.493 e. The molecular weight excluding hydrogens is 330 g/mol. The van der Waals surface area contributed by atoms with Gasteiger partial charge in [-0.05, 0) is 25.6 Å². The molecule has 1 amide bonds. The summed E-state index contributed by atoms with van der Waals surface area (Å²) >= 11 is 0. The zero-order valence-corrected chi connectivity index (χ0v) is 15.2. The number of carbonyl (C=O) groups excluding carboxylic acids is 1. The summed E-state index contributed by atoms with van der Waals surface area (Å²) in [6, 6.07) is 10.1. The number of rotatable bonds is 3. The lowest BCUT2D eigenvalue weighted by molar-refractivity contribution is -0.121. The van der Waals surface area contributed by atoms with E-state index >= 15 is 0 Å². The summed E-state index contributed by atoms with van der Waals surface area (Å²) in [6.45, 7) is 3.20. The highest BCUT2D eigenvalue weighted by Crippen LogP contribution is 2.46. The number of nitrogens with zero attached hydrogens (tertiary/aromatic N) is 2. The number of hydrogen-bond acceptors (Lipinski definition) is 5. The van der Waals surface area contributed by atoms with Crippen molar-refractivity contribution in [1.29, 1.82) is 0 Å². The number of aryl methyl sites for hydroxylation is 1. The molecule has 136 valence electrons. The molecule has 0 unspecified atom stereocenters. The number of anilines is 1. The Hall–Kier alpha value is -2.60. The highest BCUT2D eigenvalue weighted by molar-refractivity contribution is 5.93. The number of benzene rings is 1. The van der Waals surface area contributed by atoms with Gasteiger partial charge in [0, 0.05) is 30.1 Å². The van der Waals surface area contributed by atoms with Gasteiger partial charge in [-0.3, -0.25) is 9.69 Å². The molecule has 3 atom stereocenters. The lowest BCUT2D eigenvalue weighted by atomic mass is 9.85. The molecule has 1 saturated heterocycles. The van der Waals surface area contributed by atoms with Crippen LogP contribution in [-0.2, 0) is 4.79 Å². The third-order valence-electron chi connectivity index (χ3n) is 5.44. The van der Waals surface area contributed by atoms with Crippen molar-refractivity contribution in [3.8, 4) is 11.6 Å². The Kier molecular flexibility index (Phi) is 4.28. The van der Waals surface area contributed by atoms with Crippen LogP contribution in [0.2, 0.25) is 0 Å². The lowest BCUT2D eigenvalue weighted by Gasteiger charge is -2.32. The van der Waals surface area contributed by atoms with E-state index in [0.717, 1.165) is 17.0 Å². The number of nitrogens with one attached hydrogen (secondary N) is 1. The van der Waals surface area contributed by atoms with Crippen LogP contribution >= 0.6 is 0 Å². The van der Waals surface area contributed by atoms with Gasteiger partial charge < -0.3 is 14.8 Å². The number of fused-ring (bicyclic) bond motifs is 3. The van der Waals surface area contributed by atoms with Gasteiger partial charge in [0.2, 0.25) is 11.8 Å². The Morgan fingerprint density at radius 2 is 2.19 bits per heavy atom. The molecule has 2 aliphatic rings.